The third-order valence-electron chi connectivity index (χ3n) is 2.55. The van der Waals surface area contributed by atoms with Crippen molar-refractivity contribution in [3.63, 3.8) is 0 Å². The molecule has 0 aromatic heterocycles. The molecule has 0 aromatic carbocycles. The molecule has 4 heteroatoms. The summed E-state index contributed by atoms with van der Waals surface area (Å²) >= 11 is 0. The van der Waals surface area contributed by atoms with E-state index in [2.05, 4.69) is 13.0 Å². The van der Waals surface area contributed by atoms with Crippen LogP contribution in [0.1, 0.15) is 45.4 Å². The van der Waals surface area contributed by atoms with Crippen molar-refractivity contribution in [2.45, 2.75) is 57.7 Å². The van der Waals surface area contributed by atoms with E-state index in [0.717, 1.165) is 12.8 Å². The molecular formula is C14H24O4. The van der Waals surface area contributed by atoms with Gasteiger partial charge >= 0.3 is 5.97 Å². The summed E-state index contributed by atoms with van der Waals surface area (Å²) in [5.41, 5.74) is 0. The quantitative estimate of drug-likeness (QED) is 0.524. The Bertz CT molecular complexity index is 271. The maximum Gasteiger partial charge on any atom is 0.303 e. The molecule has 3 N–H and O–H groups in total. The summed E-state index contributed by atoms with van der Waals surface area (Å²) in [6, 6.07) is 0. The van der Waals surface area contributed by atoms with Crippen molar-refractivity contribution in [3.8, 4) is 0 Å². The van der Waals surface area contributed by atoms with Gasteiger partial charge in [0.1, 0.15) is 0 Å². The van der Waals surface area contributed by atoms with E-state index in [0.29, 0.717) is 19.3 Å². The lowest BCUT2D eigenvalue weighted by Gasteiger charge is -2.15. The standard InChI is InChI=1S/C14H24O4/c1-2-3-4-5-6-7-9-12(15)13(16)10-8-11-14(17)18/h3-4,6-7,12-13,15-16H,2,5,8-11H2,1H3,(H,17,18)/b4-3-,7-6-/t12-,13-/m1/s1. The van der Waals surface area contributed by atoms with Crippen LogP contribution in [0.5, 0.6) is 0 Å². The molecule has 4 nitrogen and oxygen atoms in total. The largest absolute Gasteiger partial charge is 0.481 e. The molecule has 0 saturated heterocycles. The van der Waals surface area contributed by atoms with Gasteiger partial charge in [-0.3, -0.25) is 4.79 Å². The highest BCUT2D eigenvalue weighted by atomic mass is 16.4. The molecule has 0 radical (unpaired) electrons. The molecule has 0 fully saturated rings. The number of aliphatic carboxylic acids is 1. The molecular weight excluding hydrogens is 232 g/mol. The predicted molar refractivity (Wildman–Crippen MR) is 71.3 cm³/mol. The van der Waals surface area contributed by atoms with Crippen LogP contribution in [0.2, 0.25) is 0 Å². The molecule has 0 aliphatic heterocycles. The SMILES string of the molecule is CC/C=C\C/C=C\C[C@@H](O)[C@H](O)CCCC(=O)O. The number of carboxylic acid groups (broad SMARTS) is 1. The lowest BCUT2D eigenvalue weighted by atomic mass is 10.0. The van der Waals surface area contributed by atoms with Crippen molar-refractivity contribution in [3.05, 3.63) is 24.3 Å². The molecule has 104 valence electrons. The van der Waals surface area contributed by atoms with Gasteiger partial charge in [-0.15, -0.1) is 0 Å². The zero-order chi connectivity index (χ0) is 13.8. The number of allylic oxidation sites excluding steroid dienone is 3. The number of hydrogen-bond donors (Lipinski definition) is 3. The average molecular weight is 256 g/mol. The fourth-order valence-corrected chi connectivity index (χ4v) is 1.49. The van der Waals surface area contributed by atoms with E-state index in [1.807, 2.05) is 18.2 Å². The molecule has 0 aliphatic rings. The van der Waals surface area contributed by atoms with Crippen LogP contribution >= 0.6 is 0 Å². The average Bonchev–Trinajstić information content (AvgIpc) is 2.32. The summed E-state index contributed by atoms with van der Waals surface area (Å²) in [5, 5.41) is 27.6. The summed E-state index contributed by atoms with van der Waals surface area (Å²) in [5.74, 6) is -0.876. The van der Waals surface area contributed by atoms with Gasteiger partial charge in [0.05, 0.1) is 12.2 Å². The monoisotopic (exact) mass is 256 g/mol. The van der Waals surface area contributed by atoms with E-state index >= 15 is 0 Å². The van der Waals surface area contributed by atoms with Gasteiger partial charge < -0.3 is 15.3 Å². The summed E-state index contributed by atoms with van der Waals surface area (Å²) in [7, 11) is 0. The van der Waals surface area contributed by atoms with E-state index in [1.165, 1.54) is 0 Å². The minimum absolute atomic E-state index is 0.0292. The third-order valence-corrected chi connectivity index (χ3v) is 2.55. The fraction of sp³-hybridized carbons (Fsp3) is 0.643. The van der Waals surface area contributed by atoms with Gasteiger partial charge in [0.15, 0.2) is 0 Å². The van der Waals surface area contributed by atoms with Gasteiger partial charge in [-0.05, 0) is 32.1 Å². The van der Waals surface area contributed by atoms with Crippen LogP contribution in [-0.4, -0.2) is 33.5 Å². The van der Waals surface area contributed by atoms with E-state index in [9.17, 15) is 15.0 Å². The Morgan fingerprint density at radius 1 is 1.11 bits per heavy atom. The zero-order valence-electron chi connectivity index (χ0n) is 11.0. The van der Waals surface area contributed by atoms with Crippen molar-refractivity contribution in [2.24, 2.45) is 0 Å². The van der Waals surface area contributed by atoms with Crippen LogP contribution in [0.25, 0.3) is 0 Å². The Morgan fingerprint density at radius 3 is 2.39 bits per heavy atom. The van der Waals surface area contributed by atoms with E-state index < -0.39 is 18.2 Å². The smallest absolute Gasteiger partial charge is 0.303 e. The van der Waals surface area contributed by atoms with Gasteiger partial charge in [0.25, 0.3) is 0 Å². The highest BCUT2D eigenvalue weighted by Gasteiger charge is 2.14. The molecule has 0 amide bonds. The minimum Gasteiger partial charge on any atom is -0.481 e. The lowest BCUT2D eigenvalue weighted by molar-refractivity contribution is -0.137. The summed E-state index contributed by atoms with van der Waals surface area (Å²) < 4.78 is 0. The Labute approximate surface area is 109 Å². The van der Waals surface area contributed by atoms with Crippen molar-refractivity contribution in [2.75, 3.05) is 0 Å². The molecule has 0 saturated carbocycles. The minimum atomic E-state index is -0.876. The Kier molecular flexibility index (Phi) is 10.3. The van der Waals surface area contributed by atoms with Crippen LogP contribution in [0, 0.1) is 0 Å². The number of carboxylic acids is 1. The fourth-order valence-electron chi connectivity index (χ4n) is 1.49. The molecule has 0 aliphatic carbocycles. The second-order valence-corrected chi connectivity index (χ2v) is 4.24. The van der Waals surface area contributed by atoms with Gasteiger partial charge in [-0.2, -0.15) is 0 Å². The van der Waals surface area contributed by atoms with Crippen molar-refractivity contribution in [1.29, 1.82) is 0 Å². The van der Waals surface area contributed by atoms with Gasteiger partial charge in [0.2, 0.25) is 0 Å². The van der Waals surface area contributed by atoms with Crippen LogP contribution in [0.15, 0.2) is 24.3 Å². The Balaban J connectivity index is 3.69. The number of aliphatic hydroxyl groups excluding tert-OH is 2. The van der Waals surface area contributed by atoms with Crippen LogP contribution in [0.3, 0.4) is 0 Å². The predicted octanol–water partition coefficient (Wildman–Crippen LogP) is 2.27. The van der Waals surface area contributed by atoms with Crippen LogP contribution in [-0.2, 0) is 4.79 Å². The number of rotatable bonds is 10. The van der Waals surface area contributed by atoms with E-state index in [-0.39, 0.29) is 6.42 Å². The number of carbonyl (C=O) groups is 1. The molecule has 0 bridgehead atoms. The molecule has 0 spiro atoms. The maximum atomic E-state index is 10.3. The first-order chi connectivity index (χ1) is 8.57. The summed E-state index contributed by atoms with van der Waals surface area (Å²) in [6.45, 7) is 2.07. The molecule has 0 rings (SSSR count). The molecule has 0 heterocycles. The van der Waals surface area contributed by atoms with Crippen molar-refractivity contribution >= 4 is 5.97 Å². The van der Waals surface area contributed by atoms with Gasteiger partial charge in [0, 0.05) is 6.42 Å². The van der Waals surface area contributed by atoms with Crippen LogP contribution < -0.4 is 0 Å². The van der Waals surface area contributed by atoms with Crippen LogP contribution in [0.4, 0.5) is 0 Å². The van der Waals surface area contributed by atoms with E-state index in [4.69, 9.17) is 5.11 Å². The number of hydrogen-bond acceptors (Lipinski definition) is 3. The molecule has 0 aromatic rings. The highest BCUT2D eigenvalue weighted by molar-refractivity contribution is 5.66. The second-order valence-electron chi connectivity index (χ2n) is 4.24. The maximum absolute atomic E-state index is 10.3. The first kappa shape index (κ1) is 16.9. The second kappa shape index (κ2) is 11.0. The van der Waals surface area contributed by atoms with Crippen molar-refractivity contribution < 1.29 is 20.1 Å². The summed E-state index contributed by atoms with van der Waals surface area (Å²) in [6.07, 6.45) is 9.21. The first-order valence-corrected chi connectivity index (χ1v) is 6.45. The Hall–Kier alpha value is -1.13. The molecule has 2 atom stereocenters. The Morgan fingerprint density at radius 2 is 1.78 bits per heavy atom. The zero-order valence-corrected chi connectivity index (χ0v) is 11.0. The topological polar surface area (TPSA) is 77.8 Å². The first-order valence-electron chi connectivity index (χ1n) is 6.45. The normalized spacial score (nSPS) is 15.3. The molecule has 18 heavy (non-hydrogen) atoms. The third kappa shape index (κ3) is 10.1. The number of aliphatic hydroxyl groups is 2. The molecule has 0 unspecified atom stereocenters. The van der Waals surface area contributed by atoms with E-state index in [1.54, 1.807) is 0 Å². The van der Waals surface area contributed by atoms with Crippen molar-refractivity contribution in [1.82, 2.24) is 0 Å². The lowest BCUT2D eigenvalue weighted by Crippen LogP contribution is -2.25. The highest BCUT2D eigenvalue weighted by Crippen LogP contribution is 2.08. The summed E-state index contributed by atoms with van der Waals surface area (Å²) in [4.78, 5) is 10.3. The van der Waals surface area contributed by atoms with Gasteiger partial charge in [-0.25, -0.2) is 0 Å². The van der Waals surface area contributed by atoms with Gasteiger partial charge in [-0.1, -0.05) is 31.2 Å².